The summed E-state index contributed by atoms with van der Waals surface area (Å²) in [4.78, 5) is 26.5. The molecule has 5 aliphatic rings. The van der Waals surface area contributed by atoms with Gasteiger partial charge in [-0.25, -0.2) is 4.79 Å². The maximum absolute atomic E-state index is 12.7. The van der Waals surface area contributed by atoms with Crippen LogP contribution < -0.4 is 5.32 Å². The van der Waals surface area contributed by atoms with Crippen LogP contribution in [0.15, 0.2) is 24.3 Å². The third kappa shape index (κ3) is 4.39. The summed E-state index contributed by atoms with van der Waals surface area (Å²) < 4.78 is 4.75. The summed E-state index contributed by atoms with van der Waals surface area (Å²) >= 11 is 0. The minimum absolute atomic E-state index is 0.301. The minimum Gasteiger partial charge on any atom is -0.465 e. The number of amides is 1. The van der Waals surface area contributed by atoms with Gasteiger partial charge in [0.15, 0.2) is 0 Å². The third-order valence-corrected chi connectivity index (χ3v) is 8.64. The van der Waals surface area contributed by atoms with Crippen LogP contribution >= 0.6 is 0 Å². The molecule has 6 rings (SSSR count). The normalized spacial score (nSPS) is 33.8. The molecular formula is C26H36N2O3. The van der Waals surface area contributed by atoms with Crippen molar-refractivity contribution in [2.24, 2.45) is 29.6 Å². The van der Waals surface area contributed by atoms with Crippen LogP contribution in [0, 0.1) is 29.6 Å². The quantitative estimate of drug-likeness (QED) is 0.506. The second-order valence-electron chi connectivity index (χ2n) is 10.5. The second-order valence-corrected chi connectivity index (χ2v) is 10.5. The molecule has 0 spiro atoms. The molecule has 1 heterocycles. The van der Waals surface area contributed by atoms with Gasteiger partial charge in [-0.05, 0) is 98.8 Å². The Balaban J connectivity index is 1.10. The van der Waals surface area contributed by atoms with Crippen LogP contribution in [0.25, 0.3) is 0 Å². The molecule has 1 aromatic rings. The number of methoxy groups -OCH3 is 1. The van der Waals surface area contributed by atoms with Crippen molar-refractivity contribution in [1.29, 1.82) is 0 Å². The van der Waals surface area contributed by atoms with Gasteiger partial charge in [0.1, 0.15) is 0 Å². The highest BCUT2D eigenvalue weighted by molar-refractivity contribution is 5.89. The summed E-state index contributed by atoms with van der Waals surface area (Å²) in [7, 11) is 1.40. The number of nitrogens with zero attached hydrogens (tertiary/aromatic N) is 1. The predicted molar refractivity (Wildman–Crippen MR) is 119 cm³/mol. The van der Waals surface area contributed by atoms with E-state index >= 15 is 0 Å². The molecule has 5 heteroatoms. The Morgan fingerprint density at radius 2 is 1.74 bits per heavy atom. The zero-order chi connectivity index (χ0) is 21.4. The van der Waals surface area contributed by atoms with Gasteiger partial charge in [-0.3, -0.25) is 4.79 Å². The van der Waals surface area contributed by atoms with Gasteiger partial charge in [-0.2, -0.15) is 0 Å². The van der Waals surface area contributed by atoms with Crippen molar-refractivity contribution in [2.75, 3.05) is 20.2 Å². The van der Waals surface area contributed by atoms with Crippen molar-refractivity contribution >= 4 is 11.9 Å². The molecule has 4 saturated carbocycles. The Morgan fingerprint density at radius 1 is 1.06 bits per heavy atom. The number of ether oxygens (including phenoxy) is 1. The van der Waals surface area contributed by atoms with Crippen LogP contribution in [0.3, 0.4) is 0 Å². The van der Waals surface area contributed by atoms with Crippen molar-refractivity contribution in [3.05, 3.63) is 35.4 Å². The summed E-state index contributed by atoms with van der Waals surface area (Å²) in [5, 5.41) is 3.53. The molecule has 0 radical (unpaired) electrons. The lowest BCUT2D eigenvalue weighted by Crippen LogP contribution is -2.50. The smallest absolute Gasteiger partial charge is 0.337 e. The molecule has 1 saturated heterocycles. The van der Waals surface area contributed by atoms with E-state index in [0.29, 0.717) is 17.5 Å². The average Bonchev–Trinajstić information content (AvgIpc) is 3.12. The minimum atomic E-state index is -0.301. The van der Waals surface area contributed by atoms with E-state index in [1.165, 1.54) is 39.2 Å². The van der Waals surface area contributed by atoms with E-state index in [-0.39, 0.29) is 5.97 Å². The van der Waals surface area contributed by atoms with E-state index in [1.54, 1.807) is 0 Å². The van der Waals surface area contributed by atoms with Gasteiger partial charge in [0.05, 0.1) is 12.7 Å². The van der Waals surface area contributed by atoms with Gasteiger partial charge in [-0.1, -0.05) is 12.1 Å². The molecule has 0 unspecified atom stereocenters. The van der Waals surface area contributed by atoms with E-state index in [1.807, 2.05) is 24.3 Å². The number of esters is 1. The standard InChI is InChI=1S/C26H36N2O3/c1-31-26(30)20-4-2-17(3-5-20)15-27-9-8-23-6-7-25(29)28(23)16-24-21-11-18-10-19(13-21)14-22(24)12-18/h2-5,18-19,21-24,27H,6-16H2,1H3/t18?,19?,21?,22?,23-,24?/m1/s1. The molecule has 1 amide bonds. The molecule has 5 nitrogen and oxygen atoms in total. The summed E-state index contributed by atoms with van der Waals surface area (Å²) in [5.41, 5.74) is 1.73. The Kier molecular flexibility index (Phi) is 6.05. The molecule has 4 bridgehead atoms. The Hall–Kier alpha value is -1.88. The van der Waals surface area contributed by atoms with Crippen LogP contribution in [-0.4, -0.2) is 43.0 Å². The van der Waals surface area contributed by atoms with Crippen LogP contribution in [0.4, 0.5) is 0 Å². The Labute approximate surface area is 185 Å². The van der Waals surface area contributed by atoms with Gasteiger partial charge in [0.2, 0.25) is 5.91 Å². The molecule has 1 atom stereocenters. The zero-order valence-corrected chi connectivity index (χ0v) is 18.7. The van der Waals surface area contributed by atoms with Crippen molar-refractivity contribution in [3.8, 4) is 0 Å². The number of nitrogens with one attached hydrogen (secondary N) is 1. The highest BCUT2D eigenvalue weighted by Crippen LogP contribution is 2.56. The molecular weight excluding hydrogens is 388 g/mol. The third-order valence-electron chi connectivity index (χ3n) is 8.64. The first-order valence-corrected chi connectivity index (χ1v) is 12.3. The second kappa shape index (κ2) is 8.93. The first-order valence-electron chi connectivity index (χ1n) is 12.3. The largest absolute Gasteiger partial charge is 0.465 e. The van der Waals surface area contributed by atoms with Crippen molar-refractivity contribution in [3.63, 3.8) is 0 Å². The van der Waals surface area contributed by atoms with Crippen molar-refractivity contribution < 1.29 is 14.3 Å². The number of likely N-dealkylation sites (tertiary alicyclic amines) is 1. The van der Waals surface area contributed by atoms with Gasteiger partial charge >= 0.3 is 5.97 Å². The monoisotopic (exact) mass is 424 g/mol. The number of carbonyl (C=O) groups is 2. The van der Waals surface area contributed by atoms with Gasteiger partial charge in [-0.15, -0.1) is 0 Å². The van der Waals surface area contributed by atoms with Crippen LogP contribution in [0.1, 0.15) is 67.3 Å². The Bertz CT molecular complexity index is 777. The molecule has 4 aliphatic carbocycles. The first kappa shape index (κ1) is 21.0. The average molecular weight is 425 g/mol. The van der Waals surface area contributed by atoms with Crippen LogP contribution in [-0.2, 0) is 16.1 Å². The van der Waals surface area contributed by atoms with Crippen LogP contribution in [0.2, 0.25) is 0 Å². The molecule has 1 aromatic carbocycles. The lowest BCUT2D eigenvalue weighted by Gasteiger charge is -2.55. The molecule has 31 heavy (non-hydrogen) atoms. The maximum Gasteiger partial charge on any atom is 0.337 e. The van der Waals surface area contributed by atoms with Crippen molar-refractivity contribution in [1.82, 2.24) is 10.2 Å². The Morgan fingerprint density at radius 3 is 2.39 bits per heavy atom. The van der Waals surface area contributed by atoms with Crippen LogP contribution in [0.5, 0.6) is 0 Å². The highest BCUT2D eigenvalue weighted by atomic mass is 16.5. The van der Waals surface area contributed by atoms with Gasteiger partial charge < -0.3 is 15.0 Å². The fourth-order valence-electron chi connectivity index (χ4n) is 7.29. The molecule has 1 N–H and O–H groups in total. The first-order chi connectivity index (χ1) is 15.1. The summed E-state index contributed by atoms with van der Waals surface area (Å²) in [6.07, 6.45) is 9.98. The summed E-state index contributed by atoms with van der Waals surface area (Å²) in [6.45, 7) is 2.71. The number of hydrogen-bond acceptors (Lipinski definition) is 4. The van der Waals surface area contributed by atoms with Crippen molar-refractivity contribution in [2.45, 2.75) is 64.0 Å². The number of benzene rings is 1. The molecule has 5 fully saturated rings. The van der Waals surface area contributed by atoms with Gasteiger partial charge in [0.25, 0.3) is 0 Å². The lowest BCUT2D eigenvalue weighted by atomic mass is 9.52. The van der Waals surface area contributed by atoms with E-state index in [9.17, 15) is 9.59 Å². The van der Waals surface area contributed by atoms with E-state index in [2.05, 4.69) is 10.2 Å². The summed E-state index contributed by atoms with van der Waals surface area (Å²) in [5.74, 6) is 4.61. The summed E-state index contributed by atoms with van der Waals surface area (Å²) in [6, 6.07) is 7.96. The highest BCUT2D eigenvalue weighted by Gasteiger charge is 2.49. The predicted octanol–water partition coefficient (Wildman–Crippen LogP) is 4.02. The number of hydrogen-bond donors (Lipinski definition) is 1. The zero-order valence-electron chi connectivity index (χ0n) is 18.7. The van der Waals surface area contributed by atoms with E-state index < -0.39 is 0 Å². The molecule has 168 valence electrons. The van der Waals surface area contributed by atoms with Gasteiger partial charge in [0, 0.05) is 25.6 Å². The lowest BCUT2D eigenvalue weighted by molar-refractivity contribution is -0.132. The fourth-order valence-corrected chi connectivity index (χ4v) is 7.29. The maximum atomic E-state index is 12.7. The van der Waals surface area contributed by atoms with E-state index in [4.69, 9.17) is 4.74 Å². The fraction of sp³-hybridized carbons (Fsp3) is 0.692. The molecule has 1 aliphatic heterocycles. The number of carbonyl (C=O) groups excluding carboxylic acids is 2. The SMILES string of the molecule is COC(=O)c1ccc(CNCC[C@H]2CCC(=O)N2CC2C3CC4CC(C3)CC2C4)cc1. The number of rotatable bonds is 8. The van der Waals surface area contributed by atoms with E-state index in [0.717, 1.165) is 74.0 Å². The topological polar surface area (TPSA) is 58.6 Å². The molecule has 0 aromatic heterocycles.